The van der Waals surface area contributed by atoms with Gasteiger partial charge < -0.3 is 4.42 Å². The number of nitrogens with zero attached hydrogens (tertiary/aromatic N) is 2. The van der Waals surface area contributed by atoms with Crippen molar-refractivity contribution in [2.45, 2.75) is 19.1 Å². The van der Waals surface area contributed by atoms with E-state index in [1.54, 1.807) is 30.3 Å². The number of aromatic nitrogens is 2. The predicted octanol–water partition coefficient (Wildman–Crippen LogP) is 3.36. The van der Waals surface area contributed by atoms with E-state index in [-0.39, 0.29) is 12.3 Å². The van der Waals surface area contributed by atoms with Crippen molar-refractivity contribution in [2.24, 2.45) is 0 Å². The third kappa shape index (κ3) is 5.14. The second-order valence-corrected chi connectivity index (χ2v) is 8.14. The lowest BCUT2D eigenvalue weighted by molar-refractivity contribution is 0.502. The van der Waals surface area contributed by atoms with Crippen LogP contribution in [0.3, 0.4) is 0 Å². The summed E-state index contributed by atoms with van der Waals surface area (Å²) in [6.45, 7) is 2.12. The van der Waals surface area contributed by atoms with E-state index in [2.05, 4.69) is 14.9 Å². The molecule has 0 radical (unpaired) electrons. The Hall–Kier alpha value is -2.22. The minimum atomic E-state index is -3.43. The molecular weight excluding hydrogens is 374 g/mol. The average molecular weight is 392 g/mol. The summed E-state index contributed by atoms with van der Waals surface area (Å²) >= 11 is 5.85. The molecule has 26 heavy (non-hydrogen) atoms. The number of hydrogen-bond donors (Lipinski definition) is 1. The second kappa shape index (κ2) is 7.99. The van der Waals surface area contributed by atoms with Crippen molar-refractivity contribution in [2.75, 3.05) is 6.54 Å². The summed E-state index contributed by atoms with van der Waals surface area (Å²) in [5.41, 5.74) is 2.53. The Morgan fingerprint density at radius 2 is 1.88 bits per heavy atom. The Balaban J connectivity index is 1.55. The molecule has 136 valence electrons. The van der Waals surface area contributed by atoms with Crippen LogP contribution in [0.15, 0.2) is 52.9 Å². The van der Waals surface area contributed by atoms with E-state index >= 15 is 0 Å². The normalized spacial score (nSPS) is 11.6. The van der Waals surface area contributed by atoms with Gasteiger partial charge in [0.1, 0.15) is 0 Å². The lowest BCUT2D eigenvalue weighted by Gasteiger charge is -2.06. The molecule has 0 unspecified atom stereocenters. The summed E-state index contributed by atoms with van der Waals surface area (Å²) in [5, 5.41) is 8.54. The van der Waals surface area contributed by atoms with Crippen LogP contribution in [0, 0.1) is 6.92 Å². The van der Waals surface area contributed by atoms with Gasteiger partial charge in [-0.25, -0.2) is 13.1 Å². The summed E-state index contributed by atoms with van der Waals surface area (Å²) in [5.74, 6) is 0.682. The van der Waals surface area contributed by atoms with Crippen LogP contribution in [0.1, 0.15) is 17.0 Å². The van der Waals surface area contributed by atoms with Gasteiger partial charge in [-0.3, -0.25) is 0 Å². The molecule has 0 saturated heterocycles. The highest BCUT2D eigenvalue weighted by molar-refractivity contribution is 7.88. The first-order chi connectivity index (χ1) is 12.4. The van der Waals surface area contributed by atoms with E-state index in [1.165, 1.54) is 0 Å². The van der Waals surface area contributed by atoms with Gasteiger partial charge in [0.25, 0.3) is 0 Å². The molecule has 1 heterocycles. The second-order valence-electron chi connectivity index (χ2n) is 5.90. The maximum absolute atomic E-state index is 12.2. The zero-order valence-corrected chi connectivity index (χ0v) is 15.7. The fourth-order valence-corrected chi connectivity index (χ4v) is 3.71. The molecule has 0 amide bonds. The zero-order chi connectivity index (χ0) is 18.6. The topological polar surface area (TPSA) is 85.1 Å². The van der Waals surface area contributed by atoms with Crippen LogP contribution in [0.25, 0.3) is 11.5 Å². The van der Waals surface area contributed by atoms with Crippen LogP contribution >= 0.6 is 11.6 Å². The van der Waals surface area contributed by atoms with Crippen molar-refractivity contribution in [3.63, 3.8) is 0 Å². The van der Waals surface area contributed by atoms with Crippen molar-refractivity contribution < 1.29 is 12.8 Å². The number of halogens is 1. The Bertz CT molecular complexity index is 985. The molecule has 6 nitrogen and oxygen atoms in total. The lowest BCUT2D eigenvalue weighted by Crippen LogP contribution is -2.27. The van der Waals surface area contributed by atoms with Gasteiger partial charge in [0.2, 0.25) is 21.8 Å². The number of aryl methyl sites for hydroxylation is 1. The number of rotatable bonds is 7. The molecule has 0 fully saturated rings. The average Bonchev–Trinajstić information content (AvgIpc) is 3.04. The van der Waals surface area contributed by atoms with Crippen molar-refractivity contribution in [3.8, 4) is 11.5 Å². The van der Waals surface area contributed by atoms with Crippen LogP contribution in [0.5, 0.6) is 0 Å². The highest BCUT2D eigenvalue weighted by atomic mass is 35.5. The van der Waals surface area contributed by atoms with Gasteiger partial charge in [0.15, 0.2) is 0 Å². The first kappa shape index (κ1) is 18.6. The van der Waals surface area contributed by atoms with E-state index in [9.17, 15) is 8.42 Å². The molecule has 1 aromatic heterocycles. The summed E-state index contributed by atoms with van der Waals surface area (Å²) in [6.07, 6.45) is 0.313. The molecule has 0 atom stereocenters. The third-order valence-corrected chi connectivity index (χ3v) is 5.27. The van der Waals surface area contributed by atoms with E-state index in [4.69, 9.17) is 16.0 Å². The largest absolute Gasteiger partial charge is 0.421 e. The molecule has 0 aliphatic carbocycles. The molecule has 3 rings (SSSR count). The van der Waals surface area contributed by atoms with Crippen molar-refractivity contribution >= 4 is 21.6 Å². The van der Waals surface area contributed by atoms with Gasteiger partial charge in [-0.1, -0.05) is 41.4 Å². The van der Waals surface area contributed by atoms with Crippen LogP contribution in [-0.2, 0) is 22.2 Å². The molecule has 3 aromatic rings. The molecule has 0 aliphatic heterocycles. The van der Waals surface area contributed by atoms with Gasteiger partial charge in [0.05, 0.1) is 5.75 Å². The lowest BCUT2D eigenvalue weighted by atomic mass is 10.2. The highest BCUT2D eigenvalue weighted by Crippen LogP contribution is 2.20. The minimum absolute atomic E-state index is 0.0610. The standard InChI is InChI=1S/C18H18ClN3O3S/c1-13-3-2-4-14(11-13)12-26(23,24)20-10-9-17-21-22-18(25-17)15-5-7-16(19)8-6-15/h2-8,11,20H,9-10,12H2,1H3. The van der Waals surface area contributed by atoms with Gasteiger partial charge >= 0.3 is 0 Å². The number of nitrogens with one attached hydrogen (secondary N) is 1. The van der Waals surface area contributed by atoms with Crippen molar-refractivity contribution in [1.29, 1.82) is 0 Å². The molecule has 0 aliphatic rings. The Labute approximate surface area is 157 Å². The van der Waals surface area contributed by atoms with Gasteiger partial charge in [-0.15, -0.1) is 10.2 Å². The fourth-order valence-electron chi connectivity index (χ4n) is 2.45. The fraction of sp³-hybridized carbons (Fsp3) is 0.222. The van der Waals surface area contributed by atoms with E-state index < -0.39 is 10.0 Å². The van der Waals surface area contributed by atoms with Gasteiger partial charge in [0, 0.05) is 23.6 Å². The number of sulfonamides is 1. The van der Waals surface area contributed by atoms with Gasteiger partial charge in [-0.2, -0.15) is 0 Å². The van der Waals surface area contributed by atoms with Crippen LogP contribution in [0.2, 0.25) is 5.02 Å². The summed E-state index contributed by atoms with van der Waals surface area (Å²) < 4.78 is 32.5. The van der Waals surface area contributed by atoms with Crippen LogP contribution in [0.4, 0.5) is 0 Å². The molecule has 0 bridgehead atoms. The third-order valence-electron chi connectivity index (χ3n) is 3.66. The zero-order valence-electron chi connectivity index (χ0n) is 14.1. The highest BCUT2D eigenvalue weighted by Gasteiger charge is 2.13. The minimum Gasteiger partial charge on any atom is -0.421 e. The van der Waals surface area contributed by atoms with Gasteiger partial charge in [-0.05, 0) is 36.8 Å². The SMILES string of the molecule is Cc1cccc(CS(=O)(=O)NCCc2nnc(-c3ccc(Cl)cc3)o2)c1. The van der Waals surface area contributed by atoms with E-state index in [0.29, 0.717) is 23.2 Å². The summed E-state index contributed by atoms with van der Waals surface area (Å²) in [4.78, 5) is 0. The first-order valence-corrected chi connectivity index (χ1v) is 10.1. The van der Waals surface area contributed by atoms with E-state index in [0.717, 1.165) is 16.7 Å². The maximum Gasteiger partial charge on any atom is 0.247 e. The van der Waals surface area contributed by atoms with Crippen molar-refractivity contribution in [3.05, 3.63) is 70.6 Å². The van der Waals surface area contributed by atoms with E-state index in [1.807, 2.05) is 25.1 Å². The maximum atomic E-state index is 12.2. The molecular formula is C18H18ClN3O3S. The van der Waals surface area contributed by atoms with Crippen molar-refractivity contribution in [1.82, 2.24) is 14.9 Å². The summed E-state index contributed by atoms with van der Waals surface area (Å²) in [6, 6.07) is 14.5. The Kier molecular flexibility index (Phi) is 5.70. The Morgan fingerprint density at radius 3 is 2.62 bits per heavy atom. The number of benzene rings is 2. The molecule has 8 heteroatoms. The molecule has 0 saturated carbocycles. The molecule has 0 spiro atoms. The smallest absolute Gasteiger partial charge is 0.247 e. The predicted molar refractivity (Wildman–Crippen MR) is 100 cm³/mol. The number of hydrogen-bond acceptors (Lipinski definition) is 5. The summed E-state index contributed by atoms with van der Waals surface area (Å²) in [7, 11) is -3.43. The molecule has 2 aromatic carbocycles. The monoisotopic (exact) mass is 391 g/mol. The molecule has 1 N–H and O–H groups in total. The van der Waals surface area contributed by atoms with Crippen LogP contribution < -0.4 is 4.72 Å². The first-order valence-electron chi connectivity index (χ1n) is 8.02. The van der Waals surface area contributed by atoms with Crippen LogP contribution in [-0.4, -0.2) is 25.2 Å². The quantitative estimate of drug-likeness (QED) is 0.667. The Morgan fingerprint density at radius 1 is 1.12 bits per heavy atom.